The Kier molecular flexibility index (Phi) is 3.31. The molecule has 0 aromatic heterocycles. The second kappa shape index (κ2) is 4.56. The fourth-order valence-corrected chi connectivity index (χ4v) is 2.16. The van der Waals surface area contributed by atoms with Gasteiger partial charge < -0.3 is 10.1 Å². The molecule has 1 unspecified atom stereocenters. The largest absolute Gasteiger partial charge is 0.379 e. The summed E-state index contributed by atoms with van der Waals surface area (Å²) in [6.07, 6.45) is 1.11. The highest BCUT2D eigenvalue weighted by atomic mass is 16.5. The molecule has 1 aliphatic rings. The molecule has 2 nitrogen and oxygen atoms in total. The molecule has 1 aromatic carbocycles. The van der Waals surface area contributed by atoms with Crippen LogP contribution < -0.4 is 5.32 Å². The fraction of sp³-hybridized carbons (Fsp3) is 0.571. The third-order valence-electron chi connectivity index (χ3n) is 3.42. The van der Waals surface area contributed by atoms with Crippen LogP contribution in [-0.4, -0.2) is 18.8 Å². The minimum atomic E-state index is 0.164. The minimum Gasteiger partial charge on any atom is -0.379 e. The minimum absolute atomic E-state index is 0.164. The highest BCUT2D eigenvalue weighted by molar-refractivity contribution is 5.30. The molecule has 2 heteroatoms. The van der Waals surface area contributed by atoms with Gasteiger partial charge in [-0.05, 0) is 38.3 Å². The maximum atomic E-state index is 5.44. The lowest BCUT2D eigenvalue weighted by atomic mass is 10.00. The first-order valence-electron chi connectivity index (χ1n) is 5.98. The average Bonchev–Trinajstić information content (AvgIpc) is 2.64. The van der Waals surface area contributed by atoms with E-state index in [0.29, 0.717) is 0 Å². The van der Waals surface area contributed by atoms with E-state index in [9.17, 15) is 0 Å². The molecular formula is C14H21NO. The summed E-state index contributed by atoms with van der Waals surface area (Å²) in [7, 11) is 0. The Morgan fingerprint density at radius 3 is 2.81 bits per heavy atom. The van der Waals surface area contributed by atoms with Crippen LogP contribution in [0.4, 0.5) is 0 Å². The van der Waals surface area contributed by atoms with Crippen molar-refractivity contribution >= 4 is 0 Å². The second-order valence-electron chi connectivity index (χ2n) is 5.15. The molecule has 0 aliphatic carbocycles. The van der Waals surface area contributed by atoms with E-state index in [2.05, 4.69) is 44.3 Å². The van der Waals surface area contributed by atoms with Crippen molar-refractivity contribution in [2.45, 2.75) is 39.3 Å². The number of hydrogen-bond donors (Lipinski definition) is 1. The molecule has 2 rings (SSSR count). The molecule has 0 amide bonds. The molecule has 1 atom stereocenters. The molecule has 1 N–H and O–H groups in total. The van der Waals surface area contributed by atoms with E-state index in [1.165, 1.54) is 16.7 Å². The molecule has 1 fully saturated rings. The lowest BCUT2D eigenvalue weighted by Gasteiger charge is -2.24. The van der Waals surface area contributed by atoms with Gasteiger partial charge in [0.1, 0.15) is 0 Å². The van der Waals surface area contributed by atoms with Crippen molar-refractivity contribution < 1.29 is 4.74 Å². The molecule has 1 aromatic rings. The van der Waals surface area contributed by atoms with Crippen molar-refractivity contribution in [2.75, 3.05) is 13.2 Å². The van der Waals surface area contributed by atoms with E-state index in [-0.39, 0.29) is 5.54 Å². The maximum Gasteiger partial charge on any atom is 0.0646 e. The second-order valence-corrected chi connectivity index (χ2v) is 5.15. The number of nitrogens with one attached hydrogen (secondary N) is 1. The van der Waals surface area contributed by atoms with E-state index in [1.54, 1.807) is 0 Å². The van der Waals surface area contributed by atoms with Gasteiger partial charge in [-0.25, -0.2) is 0 Å². The molecule has 0 bridgehead atoms. The average molecular weight is 219 g/mol. The first-order valence-corrected chi connectivity index (χ1v) is 5.98. The highest BCUT2D eigenvalue weighted by Gasteiger charge is 2.28. The zero-order valence-electron chi connectivity index (χ0n) is 10.5. The summed E-state index contributed by atoms with van der Waals surface area (Å²) in [5.41, 5.74) is 4.25. The summed E-state index contributed by atoms with van der Waals surface area (Å²) >= 11 is 0. The quantitative estimate of drug-likeness (QED) is 0.843. The Labute approximate surface area is 98.0 Å². The molecule has 1 heterocycles. The van der Waals surface area contributed by atoms with Crippen LogP contribution in [0.1, 0.15) is 30.0 Å². The number of ether oxygens (including phenoxy) is 1. The molecule has 1 aliphatic heterocycles. The maximum absolute atomic E-state index is 5.44. The van der Waals surface area contributed by atoms with Gasteiger partial charge in [0.2, 0.25) is 0 Å². The Hall–Kier alpha value is -0.860. The first-order chi connectivity index (χ1) is 7.59. The van der Waals surface area contributed by atoms with Gasteiger partial charge in [0.25, 0.3) is 0 Å². The number of benzene rings is 1. The van der Waals surface area contributed by atoms with Crippen molar-refractivity contribution in [3.05, 3.63) is 34.9 Å². The molecule has 0 spiro atoms. The summed E-state index contributed by atoms with van der Waals surface area (Å²) in [5.74, 6) is 0. The van der Waals surface area contributed by atoms with Gasteiger partial charge in [-0.2, -0.15) is 0 Å². The number of rotatable bonds is 3. The van der Waals surface area contributed by atoms with Crippen LogP contribution >= 0.6 is 0 Å². The van der Waals surface area contributed by atoms with Gasteiger partial charge in [0, 0.05) is 18.7 Å². The normalized spacial score (nSPS) is 24.9. The van der Waals surface area contributed by atoms with Crippen molar-refractivity contribution in [3.63, 3.8) is 0 Å². The number of hydrogen-bond acceptors (Lipinski definition) is 2. The zero-order chi connectivity index (χ0) is 11.6. The summed E-state index contributed by atoms with van der Waals surface area (Å²) in [6, 6.07) is 6.64. The van der Waals surface area contributed by atoms with Crippen molar-refractivity contribution in [1.82, 2.24) is 5.32 Å². The molecular weight excluding hydrogens is 198 g/mol. The van der Waals surface area contributed by atoms with Crippen LogP contribution in [-0.2, 0) is 11.3 Å². The predicted molar refractivity (Wildman–Crippen MR) is 66.6 cm³/mol. The highest BCUT2D eigenvalue weighted by Crippen LogP contribution is 2.19. The fourth-order valence-electron chi connectivity index (χ4n) is 2.16. The lowest BCUT2D eigenvalue weighted by Crippen LogP contribution is -2.42. The standard InChI is InChI=1S/C14H21NO/c1-11-4-5-13(12(2)8-11)9-15-14(3)6-7-16-10-14/h4-5,8,15H,6-7,9-10H2,1-3H3. The van der Waals surface area contributed by atoms with E-state index < -0.39 is 0 Å². The van der Waals surface area contributed by atoms with Crippen LogP contribution in [0.3, 0.4) is 0 Å². The summed E-state index contributed by atoms with van der Waals surface area (Å²) in [6.45, 7) is 9.21. The smallest absolute Gasteiger partial charge is 0.0646 e. The molecule has 88 valence electrons. The van der Waals surface area contributed by atoms with Crippen LogP contribution in [0.15, 0.2) is 18.2 Å². The third-order valence-corrected chi connectivity index (χ3v) is 3.42. The molecule has 1 saturated heterocycles. The first kappa shape index (κ1) is 11.6. The predicted octanol–water partition coefficient (Wildman–Crippen LogP) is 2.57. The van der Waals surface area contributed by atoms with Gasteiger partial charge in [-0.1, -0.05) is 23.8 Å². The van der Waals surface area contributed by atoms with Gasteiger partial charge in [0.15, 0.2) is 0 Å². The van der Waals surface area contributed by atoms with Crippen LogP contribution in [0.5, 0.6) is 0 Å². The number of aryl methyl sites for hydroxylation is 2. The summed E-state index contributed by atoms with van der Waals surface area (Å²) in [4.78, 5) is 0. The van der Waals surface area contributed by atoms with Crippen LogP contribution in [0.25, 0.3) is 0 Å². The van der Waals surface area contributed by atoms with Crippen LogP contribution in [0, 0.1) is 13.8 Å². The zero-order valence-corrected chi connectivity index (χ0v) is 10.5. The van der Waals surface area contributed by atoms with Gasteiger partial charge in [-0.3, -0.25) is 0 Å². The lowest BCUT2D eigenvalue weighted by molar-refractivity contribution is 0.171. The monoisotopic (exact) mass is 219 g/mol. The SMILES string of the molecule is Cc1ccc(CNC2(C)CCOC2)c(C)c1. The topological polar surface area (TPSA) is 21.3 Å². The third kappa shape index (κ3) is 2.63. The van der Waals surface area contributed by atoms with E-state index in [4.69, 9.17) is 4.74 Å². The van der Waals surface area contributed by atoms with Gasteiger partial charge in [-0.15, -0.1) is 0 Å². The Balaban J connectivity index is 1.99. The Morgan fingerprint density at radius 1 is 1.38 bits per heavy atom. The van der Waals surface area contributed by atoms with Gasteiger partial charge >= 0.3 is 0 Å². The molecule has 16 heavy (non-hydrogen) atoms. The van der Waals surface area contributed by atoms with Crippen molar-refractivity contribution in [2.24, 2.45) is 0 Å². The van der Waals surface area contributed by atoms with Gasteiger partial charge in [0.05, 0.1) is 6.61 Å². The Morgan fingerprint density at radius 2 is 2.19 bits per heavy atom. The Bertz CT molecular complexity index is 367. The van der Waals surface area contributed by atoms with Crippen LogP contribution in [0.2, 0.25) is 0 Å². The summed E-state index contributed by atoms with van der Waals surface area (Å²) in [5, 5.41) is 3.61. The molecule has 0 saturated carbocycles. The van der Waals surface area contributed by atoms with E-state index in [1.807, 2.05) is 0 Å². The summed E-state index contributed by atoms with van der Waals surface area (Å²) < 4.78 is 5.44. The van der Waals surface area contributed by atoms with Crippen molar-refractivity contribution in [1.29, 1.82) is 0 Å². The van der Waals surface area contributed by atoms with E-state index in [0.717, 1.165) is 26.2 Å². The molecule has 0 radical (unpaired) electrons. The van der Waals surface area contributed by atoms with Crippen molar-refractivity contribution in [3.8, 4) is 0 Å². The van der Waals surface area contributed by atoms with E-state index >= 15 is 0 Å².